The molecule has 1 saturated heterocycles. The molecule has 1 N–H and O–H groups in total. The van der Waals surface area contributed by atoms with Gasteiger partial charge in [0.05, 0.1) is 16.7 Å². The van der Waals surface area contributed by atoms with E-state index in [1.165, 1.54) is 0 Å². The van der Waals surface area contributed by atoms with Crippen LogP contribution in [-0.4, -0.2) is 30.1 Å². The largest absolute Gasteiger partial charge is 0.457 e. The van der Waals surface area contributed by atoms with Crippen LogP contribution in [0.25, 0.3) is 0 Å². The van der Waals surface area contributed by atoms with Crippen LogP contribution in [0.4, 0.5) is 5.69 Å². The lowest BCUT2D eigenvalue weighted by atomic mass is 10.0. The van der Waals surface area contributed by atoms with Crippen LogP contribution < -0.4 is 10.1 Å². The molecule has 170 valence electrons. The predicted molar refractivity (Wildman–Crippen MR) is 130 cm³/mol. The fourth-order valence-electron chi connectivity index (χ4n) is 4.55. The molecule has 5 rings (SSSR count). The SMILES string of the molecule is CCc1ccccc1Oc1ccc(C2Nc3ccccc3C(=O)N2CC2CCCO2)c(Cl)c1. The predicted octanol–water partition coefficient (Wildman–Crippen LogP) is 6.44. The average molecular weight is 463 g/mol. The fourth-order valence-corrected chi connectivity index (χ4v) is 4.82. The van der Waals surface area contributed by atoms with E-state index in [1.54, 1.807) is 0 Å². The van der Waals surface area contributed by atoms with E-state index >= 15 is 0 Å². The van der Waals surface area contributed by atoms with Gasteiger partial charge in [-0.2, -0.15) is 0 Å². The highest BCUT2D eigenvalue weighted by atomic mass is 35.5. The number of hydrogen-bond acceptors (Lipinski definition) is 4. The first kappa shape index (κ1) is 21.8. The number of ether oxygens (including phenoxy) is 2. The zero-order valence-electron chi connectivity index (χ0n) is 18.6. The van der Waals surface area contributed by atoms with E-state index in [0.717, 1.165) is 48.4 Å². The fraction of sp³-hybridized carbons (Fsp3) is 0.296. The van der Waals surface area contributed by atoms with Crippen LogP contribution in [0.5, 0.6) is 11.5 Å². The Hall–Kier alpha value is -3.02. The third-order valence-electron chi connectivity index (χ3n) is 6.29. The van der Waals surface area contributed by atoms with Gasteiger partial charge < -0.3 is 19.7 Å². The molecule has 0 radical (unpaired) electrons. The third kappa shape index (κ3) is 4.43. The van der Waals surface area contributed by atoms with Crippen molar-refractivity contribution in [1.82, 2.24) is 4.90 Å². The molecule has 2 aliphatic rings. The molecule has 33 heavy (non-hydrogen) atoms. The van der Waals surface area contributed by atoms with Crippen molar-refractivity contribution >= 4 is 23.2 Å². The number of aryl methyl sites for hydroxylation is 1. The van der Waals surface area contributed by atoms with Gasteiger partial charge in [-0.05, 0) is 61.2 Å². The van der Waals surface area contributed by atoms with Crippen LogP contribution in [0.2, 0.25) is 5.02 Å². The lowest BCUT2D eigenvalue weighted by Gasteiger charge is -2.39. The van der Waals surface area contributed by atoms with Crippen molar-refractivity contribution in [2.75, 3.05) is 18.5 Å². The molecule has 2 heterocycles. The first-order chi connectivity index (χ1) is 16.1. The minimum absolute atomic E-state index is 0.0156. The summed E-state index contributed by atoms with van der Waals surface area (Å²) in [7, 11) is 0. The van der Waals surface area contributed by atoms with Crippen LogP contribution in [0, 0.1) is 0 Å². The Balaban J connectivity index is 1.46. The molecule has 0 bridgehead atoms. The van der Waals surface area contributed by atoms with E-state index in [0.29, 0.717) is 22.9 Å². The van der Waals surface area contributed by atoms with Gasteiger partial charge >= 0.3 is 0 Å². The second-order valence-corrected chi connectivity index (χ2v) is 8.84. The average Bonchev–Trinajstić information content (AvgIpc) is 3.35. The number of benzene rings is 3. The van der Waals surface area contributed by atoms with E-state index in [9.17, 15) is 4.79 Å². The molecule has 0 spiro atoms. The highest BCUT2D eigenvalue weighted by Crippen LogP contribution is 2.38. The molecule has 1 fully saturated rings. The zero-order valence-corrected chi connectivity index (χ0v) is 19.3. The van der Waals surface area contributed by atoms with Gasteiger partial charge in [-0.15, -0.1) is 0 Å². The molecular weight excluding hydrogens is 436 g/mol. The molecule has 0 aromatic heterocycles. The smallest absolute Gasteiger partial charge is 0.257 e. The summed E-state index contributed by atoms with van der Waals surface area (Å²) in [5, 5.41) is 4.07. The summed E-state index contributed by atoms with van der Waals surface area (Å²) in [5.74, 6) is 1.47. The molecule has 3 aromatic carbocycles. The zero-order chi connectivity index (χ0) is 22.8. The number of nitrogens with one attached hydrogen (secondary N) is 1. The first-order valence-corrected chi connectivity index (χ1v) is 11.8. The summed E-state index contributed by atoms with van der Waals surface area (Å²) in [6, 6.07) is 21.2. The van der Waals surface area contributed by atoms with Gasteiger partial charge in [-0.3, -0.25) is 4.79 Å². The number of halogens is 1. The number of nitrogens with zero attached hydrogens (tertiary/aromatic N) is 1. The van der Waals surface area contributed by atoms with Crippen LogP contribution in [0.1, 0.15) is 47.4 Å². The Morgan fingerprint density at radius 2 is 1.94 bits per heavy atom. The molecule has 3 aromatic rings. The molecule has 1 amide bonds. The minimum Gasteiger partial charge on any atom is -0.457 e. The second-order valence-electron chi connectivity index (χ2n) is 8.43. The summed E-state index contributed by atoms with van der Waals surface area (Å²) >= 11 is 6.77. The lowest BCUT2D eigenvalue weighted by Crippen LogP contribution is -2.46. The van der Waals surface area contributed by atoms with Gasteiger partial charge in [0, 0.05) is 24.4 Å². The monoisotopic (exact) mass is 462 g/mol. The van der Waals surface area contributed by atoms with Crippen molar-refractivity contribution in [2.45, 2.75) is 38.5 Å². The summed E-state index contributed by atoms with van der Waals surface area (Å²) in [6.07, 6.45) is 2.51. The number of rotatable bonds is 6. The van der Waals surface area contributed by atoms with Crippen LogP contribution in [-0.2, 0) is 11.2 Å². The number of fused-ring (bicyclic) bond motifs is 1. The number of anilines is 1. The number of amides is 1. The van der Waals surface area contributed by atoms with Crippen molar-refractivity contribution in [2.24, 2.45) is 0 Å². The lowest BCUT2D eigenvalue weighted by molar-refractivity contribution is 0.0427. The number of para-hydroxylation sites is 2. The van der Waals surface area contributed by atoms with Crippen molar-refractivity contribution in [1.29, 1.82) is 0 Å². The molecule has 0 aliphatic carbocycles. The molecule has 2 aliphatic heterocycles. The third-order valence-corrected chi connectivity index (χ3v) is 6.62. The topological polar surface area (TPSA) is 50.8 Å². The summed E-state index contributed by atoms with van der Waals surface area (Å²) < 4.78 is 12.0. The molecule has 2 atom stereocenters. The van der Waals surface area contributed by atoms with Crippen LogP contribution >= 0.6 is 11.6 Å². The van der Waals surface area contributed by atoms with Gasteiger partial charge in [-0.1, -0.05) is 48.9 Å². The molecule has 0 saturated carbocycles. The Morgan fingerprint density at radius 3 is 2.73 bits per heavy atom. The van der Waals surface area contributed by atoms with E-state index in [4.69, 9.17) is 21.1 Å². The molecule has 2 unspecified atom stereocenters. The maximum Gasteiger partial charge on any atom is 0.257 e. The van der Waals surface area contributed by atoms with Crippen molar-refractivity contribution < 1.29 is 14.3 Å². The Morgan fingerprint density at radius 1 is 1.12 bits per heavy atom. The molecular formula is C27H27ClN2O3. The summed E-state index contributed by atoms with van der Waals surface area (Å²) in [4.78, 5) is 15.3. The van der Waals surface area contributed by atoms with Gasteiger partial charge in [0.2, 0.25) is 0 Å². The quantitative estimate of drug-likeness (QED) is 0.458. The van der Waals surface area contributed by atoms with Crippen LogP contribution in [0.3, 0.4) is 0 Å². The number of carbonyl (C=O) groups excluding carboxylic acids is 1. The normalized spacial score (nSPS) is 19.8. The van der Waals surface area contributed by atoms with E-state index in [1.807, 2.05) is 65.6 Å². The van der Waals surface area contributed by atoms with Crippen LogP contribution in [0.15, 0.2) is 66.7 Å². The van der Waals surface area contributed by atoms with Gasteiger partial charge in [0.25, 0.3) is 5.91 Å². The standard InChI is InChI=1S/C27H27ClN2O3/c1-2-18-8-3-6-12-25(18)33-19-13-14-21(23(28)16-19)26-29-24-11-5-4-10-22(24)27(31)30(26)17-20-9-7-15-32-20/h3-6,8,10-14,16,20,26,29H,2,7,9,15,17H2,1H3. The maximum absolute atomic E-state index is 13.4. The van der Waals surface area contributed by atoms with E-state index in [-0.39, 0.29) is 18.2 Å². The highest BCUT2D eigenvalue weighted by Gasteiger charge is 2.36. The highest BCUT2D eigenvalue weighted by molar-refractivity contribution is 6.31. The Labute approximate surface area is 199 Å². The summed E-state index contributed by atoms with van der Waals surface area (Å²) in [5.41, 5.74) is 3.44. The van der Waals surface area contributed by atoms with Crippen molar-refractivity contribution in [3.8, 4) is 11.5 Å². The Kier molecular flexibility index (Phi) is 6.25. The molecule has 6 heteroatoms. The van der Waals surface area contributed by atoms with Gasteiger partial charge in [0.15, 0.2) is 0 Å². The maximum atomic E-state index is 13.4. The molecule has 5 nitrogen and oxygen atoms in total. The second kappa shape index (κ2) is 9.46. The number of hydrogen-bond donors (Lipinski definition) is 1. The number of carbonyl (C=O) groups is 1. The van der Waals surface area contributed by atoms with Crippen molar-refractivity contribution in [3.05, 3.63) is 88.4 Å². The first-order valence-electron chi connectivity index (χ1n) is 11.5. The van der Waals surface area contributed by atoms with Crippen molar-refractivity contribution in [3.63, 3.8) is 0 Å². The van der Waals surface area contributed by atoms with Gasteiger partial charge in [0.1, 0.15) is 17.7 Å². The van der Waals surface area contributed by atoms with E-state index < -0.39 is 0 Å². The summed E-state index contributed by atoms with van der Waals surface area (Å²) in [6.45, 7) is 3.36. The Bertz CT molecular complexity index is 1160. The minimum atomic E-state index is -0.388. The van der Waals surface area contributed by atoms with Gasteiger partial charge in [-0.25, -0.2) is 0 Å². The van der Waals surface area contributed by atoms with E-state index in [2.05, 4.69) is 18.3 Å².